The van der Waals surface area contributed by atoms with Crippen LogP contribution in [0.5, 0.6) is 5.75 Å². The summed E-state index contributed by atoms with van der Waals surface area (Å²) in [7, 11) is 0. The topological polar surface area (TPSA) is 58.8 Å². The predicted molar refractivity (Wildman–Crippen MR) is 135 cm³/mol. The van der Waals surface area contributed by atoms with Crippen LogP contribution in [-0.2, 0) is 0 Å². The van der Waals surface area contributed by atoms with E-state index >= 15 is 4.39 Å². The number of benzene rings is 1. The molecule has 7 nitrogen and oxygen atoms in total. The van der Waals surface area contributed by atoms with E-state index in [1.54, 1.807) is 13.0 Å². The number of alkyl halides is 3. The Morgan fingerprint density at radius 3 is 2.62 bits per heavy atom. The predicted octanol–water partition coefficient (Wildman–Crippen LogP) is 5.70. The summed E-state index contributed by atoms with van der Waals surface area (Å²) in [6.07, 6.45) is 1.10. The second-order valence-electron chi connectivity index (χ2n) is 9.08. The molecule has 1 atom stereocenters. The van der Waals surface area contributed by atoms with Gasteiger partial charge in [-0.05, 0) is 57.8 Å². The summed E-state index contributed by atoms with van der Waals surface area (Å²) < 4.78 is 64.2. The first-order chi connectivity index (χ1) is 17.6. The highest BCUT2D eigenvalue weighted by molar-refractivity contribution is 6.33. The average molecular weight is 541 g/mol. The van der Waals surface area contributed by atoms with Crippen molar-refractivity contribution >= 4 is 23.2 Å². The molecule has 3 heterocycles. The molecular weight excluding hydrogens is 512 g/mol. The molecule has 1 aliphatic rings. The highest BCUT2D eigenvalue weighted by Crippen LogP contribution is 2.42. The van der Waals surface area contributed by atoms with Crippen LogP contribution in [-0.4, -0.2) is 69.5 Å². The maximum absolute atomic E-state index is 15.6. The van der Waals surface area contributed by atoms with Gasteiger partial charge in [0.05, 0.1) is 12.2 Å². The van der Waals surface area contributed by atoms with E-state index in [0.29, 0.717) is 17.9 Å². The van der Waals surface area contributed by atoms with Crippen LogP contribution in [0.3, 0.4) is 0 Å². The van der Waals surface area contributed by atoms with Gasteiger partial charge in [-0.25, -0.2) is 4.39 Å². The van der Waals surface area contributed by atoms with Gasteiger partial charge in [-0.1, -0.05) is 17.7 Å². The minimum Gasteiger partial charge on any atom is -0.493 e. The smallest absolute Gasteiger partial charge is 0.408 e. The van der Waals surface area contributed by atoms with E-state index in [-0.39, 0.29) is 34.4 Å². The first-order valence-corrected chi connectivity index (χ1v) is 12.5. The first-order valence-electron chi connectivity index (χ1n) is 12.1. The number of halogens is 5. The third kappa shape index (κ3) is 5.82. The van der Waals surface area contributed by atoms with E-state index < -0.39 is 18.0 Å². The molecule has 0 aliphatic carbocycles. The number of hydrogen-bond acceptors (Lipinski definition) is 6. The lowest BCUT2D eigenvalue weighted by Crippen LogP contribution is -2.45. The molecule has 1 aromatic carbocycles. The zero-order chi connectivity index (χ0) is 26.7. The summed E-state index contributed by atoms with van der Waals surface area (Å²) in [6, 6.07) is 0.900. The van der Waals surface area contributed by atoms with Gasteiger partial charge in [-0.2, -0.15) is 32.8 Å². The third-order valence-corrected chi connectivity index (χ3v) is 6.77. The Morgan fingerprint density at radius 1 is 1.24 bits per heavy atom. The summed E-state index contributed by atoms with van der Waals surface area (Å²) in [5.41, 5.74) is 0.420. The van der Waals surface area contributed by atoms with E-state index in [9.17, 15) is 13.2 Å². The molecule has 0 spiro atoms. The maximum atomic E-state index is 15.6. The molecule has 1 aliphatic heterocycles. The Bertz CT molecular complexity index is 1230. The molecule has 0 bridgehead atoms. The quantitative estimate of drug-likeness (QED) is 0.142. The molecule has 2 aromatic heterocycles. The number of hydrogen-bond donors (Lipinski definition) is 0. The Labute approximate surface area is 217 Å². The van der Waals surface area contributed by atoms with Crippen LogP contribution in [0, 0.1) is 12.7 Å². The average Bonchev–Trinajstić information content (AvgIpc) is 3.51. The van der Waals surface area contributed by atoms with Gasteiger partial charge in [0.2, 0.25) is 0 Å². The van der Waals surface area contributed by atoms with Crippen LogP contribution in [0.2, 0.25) is 5.15 Å². The van der Waals surface area contributed by atoms with E-state index in [0.717, 1.165) is 48.7 Å². The Morgan fingerprint density at radius 2 is 1.97 bits per heavy atom. The lowest BCUT2D eigenvalue weighted by Gasteiger charge is -2.33. The van der Waals surface area contributed by atoms with Crippen molar-refractivity contribution in [1.29, 1.82) is 0 Å². The fraction of sp³-hybridized carbons (Fsp3) is 0.480. The van der Waals surface area contributed by atoms with Crippen molar-refractivity contribution in [2.24, 2.45) is 0 Å². The number of rotatable bonds is 10. The van der Waals surface area contributed by atoms with Crippen LogP contribution in [0.15, 0.2) is 31.1 Å². The Hall–Kier alpha value is -2.92. The van der Waals surface area contributed by atoms with E-state index in [1.807, 2.05) is 0 Å². The van der Waals surface area contributed by atoms with Crippen LogP contribution >= 0.6 is 11.6 Å². The van der Waals surface area contributed by atoms with E-state index in [1.165, 1.54) is 25.0 Å². The Kier molecular flexibility index (Phi) is 8.23. The standard InChI is InChI=1S/C25H29ClF4N6O/c1-4-8-35(17(3)25(28,29)30)23-21(22(26)33-24-31-15-32-36(23)24)20-16(2)13-18(14-19(20)27)37-12-7-11-34-9-5-6-10-34/h4,13-15,17H,1,5-12H2,2-3H3/t17-/m0/s1. The number of aryl methyl sites for hydroxylation is 1. The lowest BCUT2D eigenvalue weighted by atomic mass is 10.00. The van der Waals surface area contributed by atoms with Crippen molar-refractivity contribution in [3.8, 4) is 16.9 Å². The van der Waals surface area contributed by atoms with E-state index in [4.69, 9.17) is 16.3 Å². The summed E-state index contributed by atoms with van der Waals surface area (Å²) in [6.45, 7) is 9.55. The van der Waals surface area contributed by atoms with Crippen molar-refractivity contribution in [3.63, 3.8) is 0 Å². The molecule has 4 rings (SSSR count). The van der Waals surface area contributed by atoms with Crippen molar-refractivity contribution in [2.45, 2.75) is 45.3 Å². The zero-order valence-electron chi connectivity index (χ0n) is 20.7. The third-order valence-electron chi connectivity index (χ3n) is 6.49. The van der Waals surface area contributed by atoms with Gasteiger partial charge in [0, 0.05) is 24.7 Å². The fourth-order valence-corrected chi connectivity index (χ4v) is 4.88. The Balaban J connectivity index is 1.73. The van der Waals surface area contributed by atoms with Gasteiger partial charge in [0.25, 0.3) is 5.78 Å². The maximum Gasteiger partial charge on any atom is 0.408 e. The lowest BCUT2D eigenvalue weighted by molar-refractivity contribution is -0.144. The summed E-state index contributed by atoms with van der Waals surface area (Å²) in [5, 5.41) is 3.87. The molecule has 1 fully saturated rings. The molecule has 0 N–H and O–H groups in total. The highest BCUT2D eigenvalue weighted by Gasteiger charge is 2.42. The van der Waals surface area contributed by atoms with Crippen molar-refractivity contribution in [2.75, 3.05) is 37.7 Å². The van der Waals surface area contributed by atoms with Crippen LogP contribution < -0.4 is 9.64 Å². The monoisotopic (exact) mass is 540 g/mol. The molecule has 0 saturated carbocycles. The summed E-state index contributed by atoms with van der Waals surface area (Å²) in [4.78, 5) is 11.5. The number of ether oxygens (including phenoxy) is 1. The SMILES string of the molecule is C=CCN(c1c(-c2c(C)cc(OCCCN3CCCC3)cc2F)c(Cl)nc2ncnn12)[C@@H](C)C(F)(F)F. The van der Waals surface area contributed by atoms with Crippen LogP contribution in [0.4, 0.5) is 23.4 Å². The van der Waals surface area contributed by atoms with Gasteiger partial charge < -0.3 is 14.5 Å². The van der Waals surface area contributed by atoms with Gasteiger partial charge >= 0.3 is 6.18 Å². The number of aromatic nitrogens is 4. The van der Waals surface area contributed by atoms with Crippen molar-refractivity contribution in [1.82, 2.24) is 24.5 Å². The van der Waals surface area contributed by atoms with Crippen LogP contribution in [0.25, 0.3) is 16.9 Å². The molecule has 0 unspecified atom stereocenters. The molecule has 200 valence electrons. The minimum absolute atomic E-state index is 0.0109. The number of likely N-dealkylation sites (tertiary alicyclic amines) is 1. The molecule has 0 amide bonds. The van der Waals surface area contributed by atoms with Gasteiger partial charge in [-0.15, -0.1) is 6.58 Å². The number of fused-ring (bicyclic) bond motifs is 1. The second-order valence-corrected chi connectivity index (χ2v) is 9.44. The zero-order valence-corrected chi connectivity index (χ0v) is 21.5. The first kappa shape index (κ1) is 27.1. The van der Waals surface area contributed by atoms with Gasteiger partial charge in [-0.3, -0.25) is 0 Å². The normalized spacial score (nSPS) is 15.3. The van der Waals surface area contributed by atoms with Crippen molar-refractivity contribution in [3.05, 3.63) is 47.6 Å². The second kappa shape index (κ2) is 11.2. The highest BCUT2D eigenvalue weighted by atomic mass is 35.5. The number of nitrogens with zero attached hydrogens (tertiary/aromatic N) is 6. The molecule has 1 saturated heterocycles. The molecule has 3 aromatic rings. The van der Waals surface area contributed by atoms with Crippen molar-refractivity contribution < 1.29 is 22.3 Å². The summed E-state index contributed by atoms with van der Waals surface area (Å²) in [5.74, 6) is -0.460. The fourth-order valence-electron chi connectivity index (χ4n) is 4.62. The minimum atomic E-state index is -4.59. The van der Waals surface area contributed by atoms with Crippen LogP contribution in [0.1, 0.15) is 31.7 Å². The summed E-state index contributed by atoms with van der Waals surface area (Å²) >= 11 is 6.48. The van der Waals surface area contributed by atoms with Gasteiger partial charge in [0.1, 0.15) is 34.9 Å². The molecule has 0 radical (unpaired) electrons. The van der Waals surface area contributed by atoms with E-state index in [2.05, 4.69) is 26.5 Å². The molecule has 37 heavy (non-hydrogen) atoms. The number of anilines is 1. The molecular formula is C25H29ClF4N6O. The van der Waals surface area contributed by atoms with Gasteiger partial charge in [0.15, 0.2) is 0 Å². The largest absolute Gasteiger partial charge is 0.493 e. The molecule has 12 heteroatoms.